The zero-order valence-corrected chi connectivity index (χ0v) is 20.8. The fourth-order valence-corrected chi connectivity index (χ4v) is 20.8. The average molecular weight is 445 g/mol. The second-order valence-electron chi connectivity index (χ2n) is 8.67. The smallest absolute Gasteiger partial charge is 0.147 e. The van der Waals surface area contributed by atoms with Gasteiger partial charge in [-0.3, -0.25) is 0 Å². The fourth-order valence-electron chi connectivity index (χ4n) is 6.18. The van der Waals surface area contributed by atoms with E-state index in [0.717, 1.165) is 27.9 Å². The minimum atomic E-state index is -1.20. The second kappa shape index (κ2) is 9.31. The van der Waals surface area contributed by atoms with Crippen LogP contribution in [0.1, 0.15) is 46.0 Å². The molecule has 0 nitrogen and oxygen atoms in total. The van der Waals surface area contributed by atoms with Crippen molar-refractivity contribution in [2.75, 3.05) is 0 Å². The minimum absolute atomic E-state index is 0. The summed E-state index contributed by atoms with van der Waals surface area (Å²) in [6.07, 6.45) is 19.7. The summed E-state index contributed by atoms with van der Waals surface area (Å²) in [5.74, 6) is 3.83. The van der Waals surface area contributed by atoms with E-state index in [1.54, 1.807) is 11.1 Å². The molecule has 4 aliphatic carbocycles. The van der Waals surface area contributed by atoms with Gasteiger partial charge in [0.1, 0.15) is 0 Å². The van der Waals surface area contributed by atoms with Crippen LogP contribution in [0.15, 0.2) is 45.4 Å². The molecule has 5 unspecified atom stereocenters. The predicted octanol–water partition coefficient (Wildman–Crippen LogP) is 7.29. The Bertz CT molecular complexity index is 697. The van der Waals surface area contributed by atoms with Gasteiger partial charge >= 0.3 is 155 Å². The van der Waals surface area contributed by atoms with Crippen LogP contribution in [0.3, 0.4) is 0 Å². The molecule has 0 aromatic carbocycles. The summed E-state index contributed by atoms with van der Waals surface area (Å²) in [6.45, 7) is 10.1. The maximum Gasteiger partial charge on any atom is -0.147 e. The van der Waals surface area contributed by atoms with E-state index in [4.69, 9.17) is 0 Å². The van der Waals surface area contributed by atoms with Gasteiger partial charge in [-0.1, -0.05) is 0 Å². The summed E-state index contributed by atoms with van der Waals surface area (Å²) in [6, 6.07) is 0. The molecular formula is C22H34Cl2SiTi. The molecule has 4 heteroatoms. The maximum absolute atomic E-state index is 2.65. The van der Waals surface area contributed by atoms with Crippen LogP contribution < -0.4 is 0 Å². The van der Waals surface area contributed by atoms with Crippen LogP contribution in [0, 0.1) is 23.7 Å². The van der Waals surface area contributed by atoms with E-state index < -0.39 is 16.6 Å². The van der Waals surface area contributed by atoms with Gasteiger partial charge in [0.2, 0.25) is 0 Å². The molecule has 2 saturated carbocycles. The number of allylic oxidation sites excluding steroid dienone is 8. The van der Waals surface area contributed by atoms with Crippen molar-refractivity contribution in [1.82, 2.24) is 0 Å². The van der Waals surface area contributed by atoms with Crippen LogP contribution >= 0.6 is 24.8 Å². The van der Waals surface area contributed by atoms with Gasteiger partial charge < -0.3 is 0 Å². The average Bonchev–Trinajstić information content (AvgIpc) is 3.08. The summed E-state index contributed by atoms with van der Waals surface area (Å²) < 4.78 is 3.07. The quantitative estimate of drug-likeness (QED) is 0.392. The molecule has 26 heavy (non-hydrogen) atoms. The van der Waals surface area contributed by atoms with Gasteiger partial charge in [-0.15, -0.1) is 24.8 Å². The Morgan fingerprint density at radius 2 is 1.54 bits per heavy atom. The van der Waals surface area contributed by atoms with Crippen molar-refractivity contribution in [2.45, 2.75) is 63.3 Å². The van der Waals surface area contributed by atoms with Crippen molar-refractivity contribution in [3.05, 3.63) is 45.4 Å². The molecule has 4 aliphatic rings. The summed E-state index contributed by atoms with van der Waals surface area (Å²) in [4.78, 5) is 0. The van der Waals surface area contributed by atoms with E-state index in [1.807, 2.05) is 3.88 Å². The Kier molecular flexibility index (Phi) is 8.15. The molecular weight excluding hydrogens is 411 g/mol. The van der Waals surface area contributed by atoms with Gasteiger partial charge in [0.05, 0.1) is 0 Å². The Morgan fingerprint density at radius 3 is 2.12 bits per heavy atom. The van der Waals surface area contributed by atoms with E-state index in [-0.39, 0.29) is 31.0 Å². The van der Waals surface area contributed by atoms with Gasteiger partial charge in [-0.25, -0.2) is 0 Å². The molecule has 5 atom stereocenters. The molecule has 0 N–H and O–H groups in total. The number of rotatable bonds is 2. The normalized spacial score (nSPS) is 34.5. The standard InChI is InChI=1S/C13H17.C7H9.C2H6Si.2ClH.Ti/c1-3-7-12-10(5-1)9-11-6-2-4-8-13(11)12;1-6-4-3-5-7(6)2;1-3-2;;;/h1,3,5,7,9-13H,2,4,6,8H2;4H,3H2,1-2H3;1-2H3;2*1H;. The van der Waals surface area contributed by atoms with E-state index in [0.29, 0.717) is 0 Å². The Morgan fingerprint density at radius 1 is 0.923 bits per heavy atom. The van der Waals surface area contributed by atoms with Crippen molar-refractivity contribution >= 4 is 31.0 Å². The molecule has 0 spiro atoms. The molecule has 0 aliphatic heterocycles. The second-order valence-corrected chi connectivity index (χ2v) is 20.9. The molecule has 0 saturated heterocycles. The minimum Gasteiger partial charge on any atom is -0.147 e. The van der Waals surface area contributed by atoms with Gasteiger partial charge in [0, 0.05) is 0 Å². The largest absolute Gasteiger partial charge is 0.147 e. The summed E-state index contributed by atoms with van der Waals surface area (Å²) in [5, 5.41) is 0. The Labute approximate surface area is 179 Å². The molecule has 0 heterocycles. The third kappa shape index (κ3) is 3.81. The first-order valence-electron chi connectivity index (χ1n) is 9.99. The van der Waals surface area contributed by atoms with Crippen LogP contribution in [-0.4, -0.2) is 6.19 Å². The first-order chi connectivity index (χ1) is 11.6. The van der Waals surface area contributed by atoms with Crippen LogP contribution in [0.4, 0.5) is 0 Å². The molecule has 0 amide bonds. The first-order valence-corrected chi connectivity index (χ1v) is 16.5. The third-order valence-corrected chi connectivity index (χ3v) is 20.3. The maximum atomic E-state index is 2.65. The van der Waals surface area contributed by atoms with Gasteiger partial charge in [0.15, 0.2) is 0 Å². The van der Waals surface area contributed by atoms with Crippen LogP contribution in [0.5, 0.6) is 0 Å². The van der Waals surface area contributed by atoms with Crippen LogP contribution in [0.25, 0.3) is 0 Å². The van der Waals surface area contributed by atoms with Crippen LogP contribution in [0.2, 0.25) is 17.3 Å². The monoisotopic (exact) mass is 444 g/mol. The van der Waals surface area contributed by atoms with Gasteiger partial charge in [-0.05, 0) is 0 Å². The molecule has 2 fully saturated rings. The van der Waals surface area contributed by atoms with E-state index >= 15 is 0 Å². The summed E-state index contributed by atoms with van der Waals surface area (Å²) in [5.41, 5.74) is 3.30. The van der Waals surface area contributed by atoms with Crippen molar-refractivity contribution in [3.63, 3.8) is 0 Å². The van der Waals surface area contributed by atoms with Crippen molar-refractivity contribution < 1.29 is 16.6 Å². The van der Waals surface area contributed by atoms with Crippen molar-refractivity contribution in [2.24, 2.45) is 23.7 Å². The molecule has 144 valence electrons. The number of halogens is 2. The molecule has 0 radical (unpaired) electrons. The van der Waals surface area contributed by atoms with Crippen molar-refractivity contribution in [1.29, 1.82) is 0 Å². The topological polar surface area (TPSA) is 0 Å². The van der Waals surface area contributed by atoms with Crippen molar-refractivity contribution in [3.8, 4) is 0 Å². The first kappa shape index (κ1) is 22.8. The SMILES string of the molecule is CC1=CC[C]([Ti]([CH]2C3C=CC=CC3C3CCCCC32)=[Si](C)C)=C1C.Cl.Cl. The predicted molar refractivity (Wildman–Crippen MR) is 118 cm³/mol. The Hall–Kier alpha value is 0.471. The molecule has 0 aromatic rings. The number of hydrogen-bond acceptors (Lipinski definition) is 0. The van der Waals surface area contributed by atoms with Gasteiger partial charge in [-0.2, -0.15) is 0 Å². The van der Waals surface area contributed by atoms with E-state index in [9.17, 15) is 0 Å². The van der Waals surface area contributed by atoms with E-state index in [2.05, 4.69) is 57.3 Å². The zero-order valence-electron chi connectivity index (χ0n) is 16.6. The molecule has 0 bridgehead atoms. The molecule has 0 aromatic heterocycles. The Balaban J connectivity index is 0.00000121. The molecule has 4 rings (SSSR count). The number of hydrogen-bond donors (Lipinski definition) is 0. The summed E-state index contributed by atoms with van der Waals surface area (Å²) >= 11 is -1.20. The zero-order chi connectivity index (χ0) is 16.8. The fraction of sp³-hybridized carbons (Fsp3) is 0.636. The van der Waals surface area contributed by atoms with Gasteiger partial charge in [0.25, 0.3) is 0 Å². The van der Waals surface area contributed by atoms with Crippen LogP contribution in [-0.2, 0) is 16.6 Å². The van der Waals surface area contributed by atoms with E-state index in [1.165, 1.54) is 32.1 Å². The third-order valence-electron chi connectivity index (χ3n) is 7.32. The summed E-state index contributed by atoms with van der Waals surface area (Å²) in [7, 11) is 0. The number of fused-ring (bicyclic) bond motifs is 3.